The summed E-state index contributed by atoms with van der Waals surface area (Å²) in [6, 6.07) is 8.91. The van der Waals surface area contributed by atoms with E-state index >= 15 is 0 Å². The fourth-order valence-corrected chi connectivity index (χ4v) is 2.70. The van der Waals surface area contributed by atoms with Crippen molar-refractivity contribution >= 4 is 5.69 Å². The summed E-state index contributed by atoms with van der Waals surface area (Å²) in [5.74, 6) is 1.86. The van der Waals surface area contributed by atoms with Crippen LogP contribution in [0.4, 0.5) is 14.5 Å². The van der Waals surface area contributed by atoms with Crippen molar-refractivity contribution in [2.75, 3.05) is 33.7 Å². The van der Waals surface area contributed by atoms with Crippen molar-refractivity contribution in [3.05, 3.63) is 41.5 Å². The average molecular weight is 367 g/mol. The maximum atomic E-state index is 12.4. The number of alkyl halides is 2. The van der Waals surface area contributed by atoms with E-state index in [1.54, 1.807) is 46.6 Å². The molecule has 1 N–H and O–H groups in total. The van der Waals surface area contributed by atoms with Gasteiger partial charge in [-0.3, -0.25) is 0 Å². The van der Waals surface area contributed by atoms with Crippen molar-refractivity contribution < 1.29 is 27.7 Å². The van der Waals surface area contributed by atoms with Gasteiger partial charge in [0.25, 0.3) is 0 Å². The molecular formula is C19H23F2NO4. The van der Waals surface area contributed by atoms with E-state index in [-0.39, 0.29) is 5.75 Å². The first-order valence-electron chi connectivity index (χ1n) is 8.06. The van der Waals surface area contributed by atoms with E-state index < -0.39 is 6.61 Å². The Kier molecular flexibility index (Phi) is 6.89. The first-order chi connectivity index (χ1) is 12.5. The number of halogens is 2. The SMILES string of the molecule is CNc1cc(CCc2cc(OC)c(OC)c(OC)c2)ccc1OC(F)F. The lowest BCUT2D eigenvalue weighted by molar-refractivity contribution is -0.0493. The molecule has 0 amide bonds. The van der Waals surface area contributed by atoms with E-state index in [9.17, 15) is 8.78 Å². The minimum Gasteiger partial charge on any atom is -0.493 e. The van der Waals surface area contributed by atoms with Crippen LogP contribution in [0.2, 0.25) is 0 Å². The lowest BCUT2D eigenvalue weighted by Crippen LogP contribution is -2.05. The van der Waals surface area contributed by atoms with Gasteiger partial charge in [-0.05, 0) is 48.2 Å². The Morgan fingerprint density at radius 3 is 1.96 bits per heavy atom. The molecule has 2 aromatic carbocycles. The van der Waals surface area contributed by atoms with Crippen LogP contribution in [0, 0.1) is 0 Å². The maximum Gasteiger partial charge on any atom is 0.387 e. The van der Waals surface area contributed by atoms with E-state index in [1.807, 2.05) is 12.1 Å². The second kappa shape index (κ2) is 9.12. The van der Waals surface area contributed by atoms with Crippen LogP contribution in [-0.4, -0.2) is 35.0 Å². The molecule has 142 valence electrons. The molecule has 0 aromatic heterocycles. The number of ether oxygens (including phenoxy) is 4. The second-order valence-corrected chi connectivity index (χ2v) is 5.49. The molecule has 0 fully saturated rings. The fourth-order valence-electron chi connectivity index (χ4n) is 2.70. The second-order valence-electron chi connectivity index (χ2n) is 5.49. The van der Waals surface area contributed by atoms with Gasteiger partial charge in [0.05, 0.1) is 27.0 Å². The summed E-state index contributed by atoms with van der Waals surface area (Å²) in [5.41, 5.74) is 2.52. The van der Waals surface area contributed by atoms with Crippen molar-refractivity contribution in [1.82, 2.24) is 0 Å². The Labute approximate surface area is 151 Å². The third-order valence-corrected chi connectivity index (χ3v) is 3.96. The molecule has 7 heteroatoms. The van der Waals surface area contributed by atoms with Gasteiger partial charge in [0, 0.05) is 7.05 Å². The largest absolute Gasteiger partial charge is 0.493 e. The van der Waals surface area contributed by atoms with Gasteiger partial charge in [-0.15, -0.1) is 0 Å². The number of hydrogen-bond donors (Lipinski definition) is 1. The molecule has 0 radical (unpaired) electrons. The Morgan fingerprint density at radius 1 is 0.846 bits per heavy atom. The highest BCUT2D eigenvalue weighted by Crippen LogP contribution is 2.38. The zero-order chi connectivity index (χ0) is 19.1. The third kappa shape index (κ3) is 4.68. The molecule has 5 nitrogen and oxygen atoms in total. The van der Waals surface area contributed by atoms with E-state index in [0.717, 1.165) is 17.5 Å². The lowest BCUT2D eigenvalue weighted by Gasteiger charge is -2.15. The molecule has 0 spiro atoms. The first kappa shape index (κ1) is 19.6. The Morgan fingerprint density at radius 2 is 1.46 bits per heavy atom. The Hall–Kier alpha value is -2.70. The molecule has 2 rings (SSSR count). The Balaban J connectivity index is 2.18. The quantitative estimate of drug-likeness (QED) is 0.722. The molecule has 0 unspecified atom stereocenters. The van der Waals surface area contributed by atoms with Gasteiger partial charge in [0.2, 0.25) is 5.75 Å². The number of aryl methyl sites for hydroxylation is 2. The highest BCUT2D eigenvalue weighted by atomic mass is 19.3. The highest BCUT2D eigenvalue weighted by molar-refractivity contribution is 5.58. The molecule has 2 aromatic rings. The molecule has 0 bridgehead atoms. The molecule has 0 atom stereocenters. The van der Waals surface area contributed by atoms with Crippen molar-refractivity contribution in [2.24, 2.45) is 0 Å². The van der Waals surface area contributed by atoms with Crippen LogP contribution in [-0.2, 0) is 12.8 Å². The third-order valence-electron chi connectivity index (χ3n) is 3.96. The summed E-state index contributed by atoms with van der Waals surface area (Å²) < 4.78 is 45.4. The summed E-state index contributed by atoms with van der Waals surface area (Å²) >= 11 is 0. The van der Waals surface area contributed by atoms with Crippen LogP contribution in [0.15, 0.2) is 30.3 Å². The summed E-state index contributed by atoms with van der Waals surface area (Å²) in [5, 5.41) is 2.88. The van der Waals surface area contributed by atoms with Gasteiger partial charge in [0.1, 0.15) is 5.75 Å². The van der Waals surface area contributed by atoms with Gasteiger partial charge in [-0.2, -0.15) is 8.78 Å². The van der Waals surface area contributed by atoms with E-state index in [0.29, 0.717) is 29.4 Å². The minimum absolute atomic E-state index is 0.124. The predicted molar refractivity (Wildman–Crippen MR) is 96.1 cm³/mol. The molecular weight excluding hydrogens is 344 g/mol. The van der Waals surface area contributed by atoms with Crippen molar-refractivity contribution in [3.8, 4) is 23.0 Å². The fraction of sp³-hybridized carbons (Fsp3) is 0.368. The maximum absolute atomic E-state index is 12.4. The molecule has 0 aliphatic carbocycles. The van der Waals surface area contributed by atoms with Crippen molar-refractivity contribution in [1.29, 1.82) is 0 Å². The molecule has 0 aliphatic heterocycles. The molecule has 0 heterocycles. The minimum atomic E-state index is -2.85. The van der Waals surface area contributed by atoms with Crippen LogP contribution in [0.5, 0.6) is 23.0 Å². The molecule has 26 heavy (non-hydrogen) atoms. The van der Waals surface area contributed by atoms with Crippen LogP contribution in [0.1, 0.15) is 11.1 Å². The van der Waals surface area contributed by atoms with Gasteiger partial charge < -0.3 is 24.3 Å². The summed E-state index contributed by atoms with van der Waals surface area (Å²) in [7, 11) is 6.36. The van der Waals surface area contributed by atoms with Crippen LogP contribution in [0.25, 0.3) is 0 Å². The summed E-state index contributed by atoms with van der Waals surface area (Å²) in [6.45, 7) is -2.85. The monoisotopic (exact) mass is 367 g/mol. The number of rotatable bonds is 9. The van der Waals surface area contributed by atoms with Gasteiger partial charge in [-0.1, -0.05) is 6.07 Å². The van der Waals surface area contributed by atoms with Crippen LogP contribution in [0.3, 0.4) is 0 Å². The average Bonchev–Trinajstić information content (AvgIpc) is 2.65. The van der Waals surface area contributed by atoms with Crippen molar-refractivity contribution in [2.45, 2.75) is 19.5 Å². The van der Waals surface area contributed by atoms with Crippen molar-refractivity contribution in [3.63, 3.8) is 0 Å². The molecule has 0 aliphatic rings. The van der Waals surface area contributed by atoms with E-state index in [2.05, 4.69) is 10.1 Å². The molecule has 0 saturated carbocycles. The van der Waals surface area contributed by atoms with Gasteiger partial charge in [0.15, 0.2) is 11.5 Å². The standard InChI is InChI=1S/C19H23F2NO4/c1-22-14-9-12(7-8-15(14)26-19(20)21)5-6-13-10-16(23-2)18(25-4)17(11-13)24-3/h7-11,19,22H,5-6H2,1-4H3. The zero-order valence-electron chi connectivity index (χ0n) is 15.3. The van der Waals surface area contributed by atoms with Gasteiger partial charge >= 0.3 is 6.61 Å². The Bertz CT molecular complexity index is 712. The predicted octanol–water partition coefficient (Wildman–Crippen LogP) is 4.14. The van der Waals surface area contributed by atoms with E-state index in [4.69, 9.17) is 14.2 Å². The first-order valence-corrected chi connectivity index (χ1v) is 8.06. The number of nitrogens with one attached hydrogen (secondary N) is 1. The number of benzene rings is 2. The highest BCUT2D eigenvalue weighted by Gasteiger charge is 2.14. The number of hydrogen-bond acceptors (Lipinski definition) is 5. The summed E-state index contributed by atoms with van der Waals surface area (Å²) in [6.07, 6.45) is 1.43. The van der Waals surface area contributed by atoms with Crippen LogP contribution >= 0.6 is 0 Å². The normalized spacial score (nSPS) is 10.6. The summed E-state index contributed by atoms with van der Waals surface area (Å²) in [4.78, 5) is 0. The topological polar surface area (TPSA) is 49.0 Å². The lowest BCUT2D eigenvalue weighted by atomic mass is 10.0. The zero-order valence-corrected chi connectivity index (χ0v) is 15.3. The number of anilines is 1. The molecule has 0 saturated heterocycles. The number of methoxy groups -OCH3 is 3. The van der Waals surface area contributed by atoms with E-state index in [1.165, 1.54) is 0 Å². The smallest absolute Gasteiger partial charge is 0.387 e. The van der Waals surface area contributed by atoms with Crippen LogP contribution < -0.4 is 24.3 Å². The van der Waals surface area contributed by atoms with Gasteiger partial charge in [-0.25, -0.2) is 0 Å².